The number of hydrogen-bond acceptors (Lipinski definition) is 3. The quantitative estimate of drug-likeness (QED) is 0.392. The second kappa shape index (κ2) is 7.49. The molecule has 0 saturated heterocycles. The molecule has 2 aromatic carbocycles. The van der Waals surface area contributed by atoms with Crippen LogP contribution in [-0.4, -0.2) is 12.6 Å². The molecule has 0 fully saturated rings. The Morgan fingerprint density at radius 2 is 1.61 bits per heavy atom. The zero-order valence-electron chi connectivity index (χ0n) is 14.5. The highest BCUT2D eigenvalue weighted by Crippen LogP contribution is 2.34. The third-order valence-electron chi connectivity index (χ3n) is 4.24. The van der Waals surface area contributed by atoms with Crippen molar-refractivity contribution >= 4 is 16.7 Å². The molecule has 0 heterocycles. The van der Waals surface area contributed by atoms with E-state index in [2.05, 4.69) is 6.92 Å². The molecule has 0 aromatic heterocycles. The summed E-state index contributed by atoms with van der Waals surface area (Å²) in [6, 6.07) is 11.6. The summed E-state index contributed by atoms with van der Waals surface area (Å²) in [5.41, 5.74) is -0.489. The Morgan fingerprint density at radius 1 is 1.00 bits per heavy atom. The molecule has 0 aliphatic carbocycles. The third-order valence-corrected chi connectivity index (χ3v) is 4.24. The molecule has 3 heteroatoms. The van der Waals surface area contributed by atoms with Crippen LogP contribution in [0.5, 0.6) is 11.5 Å². The molecule has 0 N–H and O–H groups in total. The maximum absolute atomic E-state index is 12.4. The molecular weight excluding hydrogens is 288 g/mol. The van der Waals surface area contributed by atoms with Gasteiger partial charge in [0.2, 0.25) is 0 Å². The standard InChI is InChI=1S/C20H26O3/c1-5-7-14-22-17-12-13-18(16-11-9-8-10-15(16)17)23-19(21)20(3,4)6-2/h8-13H,5-7,14H2,1-4H3. The van der Waals surface area contributed by atoms with Gasteiger partial charge in [0.05, 0.1) is 12.0 Å². The van der Waals surface area contributed by atoms with Gasteiger partial charge in [0.25, 0.3) is 0 Å². The molecule has 3 nitrogen and oxygen atoms in total. The van der Waals surface area contributed by atoms with Crippen molar-refractivity contribution in [1.82, 2.24) is 0 Å². The second-order valence-electron chi connectivity index (χ2n) is 6.44. The zero-order valence-corrected chi connectivity index (χ0v) is 14.5. The molecule has 0 saturated carbocycles. The Bertz CT molecular complexity index is 674. The normalized spacial score (nSPS) is 11.5. The van der Waals surface area contributed by atoms with Crippen LogP contribution in [0.25, 0.3) is 10.8 Å². The van der Waals surface area contributed by atoms with Gasteiger partial charge >= 0.3 is 5.97 Å². The van der Waals surface area contributed by atoms with Crippen molar-refractivity contribution in [2.45, 2.75) is 47.0 Å². The number of ether oxygens (including phenoxy) is 2. The van der Waals surface area contributed by atoms with Crippen molar-refractivity contribution in [3.63, 3.8) is 0 Å². The molecule has 2 rings (SSSR count). The smallest absolute Gasteiger partial charge is 0.316 e. The Hall–Kier alpha value is -2.03. The summed E-state index contributed by atoms with van der Waals surface area (Å²) in [5.74, 6) is 1.23. The first kappa shape index (κ1) is 17.3. The summed E-state index contributed by atoms with van der Waals surface area (Å²) < 4.78 is 11.5. The maximum Gasteiger partial charge on any atom is 0.316 e. The van der Waals surface area contributed by atoms with Gasteiger partial charge in [-0.05, 0) is 38.8 Å². The Kier molecular flexibility index (Phi) is 5.64. The lowest BCUT2D eigenvalue weighted by atomic mass is 9.90. The SMILES string of the molecule is CCCCOc1ccc(OC(=O)C(C)(C)CC)c2ccccc12. The minimum absolute atomic E-state index is 0.204. The van der Waals surface area contributed by atoms with E-state index >= 15 is 0 Å². The van der Waals surface area contributed by atoms with Crippen LogP contribution in [0.4, 0.5) is 0 Å². The number of esters is 1. The monoisotopic (exact) mass is 314 g/mol. The van der Waals surface area contributed by atoms with Gasteiger partial charge in [0.1, 0.15) is 11.5 Å². The van der Waals surface area contributed by atoms with E-state index in [4.69, 9.17) is 9.47 Å². The number of benzene rings is 2. The third kappa shape index (κ3) is 4.04. The van der Waals surface area contributed by atoms with Crippen molar-refractivity contribution in [2.75, 3.05) is 6.61 Å². The van der Waals surface area contributed by atoms with E-state index in [1.165, 1.54) is 0 Å². The van der Waals surface area contributed by atoms with Gasteiger partial charge in [0.15, 0.2) is 0 Å². The minimum Gasteiger partial charge on any atom is -0.493 e. The molecule has 0 aliphatic rings. The van der Waals surface area contributed by atoms with E-state index < -0.39 is 5.41 Å². The zero-order chi connectivity index (χ0) is 16.9. The topological polar surface area (TPSA) is 35.5 Å². The minimum atomic E-state index is -0.489. The summed E-state index contributed by atoms with van der Waals surface area (Å²) in [7, 11) is 0. The lowest BCUT2D eigenvalue weighted by Crippen LogP contribution is -2.28. The van der Waals surface area contributed by atoms with Crippen molar-refractivity contribution in [3.05, 3.63) is 36.4 Å². The Morgan fingerprint density at radius 3 is 2.22 bits per heavy atom. The molecule has 0 unspecified atom stereocenters. The predicted octanol–water partition coefficient (Wildman–Crippen LogP) is 5.36. The number of rotatable bonds is 7. The van der Waals surface area contributed by atoms with Crippen molar-refractivity contribution in [1.29, 1.82) is 0 Å². The van der Waals surface area contributed by atoms with Crippen molar-refractivity contribution in [2.24, 2.45) is 5.41 Å². The van der Waals surface area contributed by atoms with E-state index in [-0.39, 0.29) is 5.97 Å². The first-order chi connectivity index (χ1) is 11.0. The van der Waals surface area contributed by atoms with Gasteiger partial charge in [-0.3, -0.25) is 4.79 Å². The molecule has 2 aromatic rings. The fourth-order valence-electron chi connectivity index (χ4n) is 2.17. The highest BCUT2D eigenvalue weighted by Gasteiger charge is 2.28. The van der Waals surface area contributed by atoms with Crippen LogP contribution in [0.15, 0.2) is 36.4 Å². The Balaban J connectivity index is 2.32. The molecule has 124 valence electrons. The number of fused-ring (bicyclic) bond motifs is 1. The maximum atomic E-state index is 12.4. The predicted molar refractivity (Wildman–Crippen MR) is 94.1 cm³/mol. The van der Waals surface area contributed by atoms with E-state index in [0.717, 1.165) is 35.8 Å². The molecule has 0 bridgehead atoms. The largest absolute Gasteiger partial charge is 0.493 e. The number of carbonyl (C=O) groups is 1. The summed E-state index contributed by atoms with van der Waals surface area (Å²) in [6.45, 7) is 8.63. The number of carbonyl (C=O) groups excluding carboxylic acids is 1. The van der Waals surface area contributed by atoms with Gasteiger partial charge in [-0.25, -0.2) is 0 Å². The van der Waals surface area contributed by atoms with Crippen molar-refractivity contribution < 1.29 is 14.3 Å². The lowest BCUT2D eigenvalue weighted by molar-refractivity contribution is -0.144. The highest BCUT2D eigenvalue weighted by molar-refractivity contribution is 5.95. The summed E-state index contributed by atoms with van der Waals surface area (Å²) in [6.07, 6.45) is 2.86. The lowest BCUT2D eigenvalue weighted by Gasteiger charge is -2.21. The van der Waals surface area contributed by atoms with Crippen LogP contribution in [-0.2, 0) is 4.79 Å². The van der Waals surface area contributed by atoms with Gasteiger partial charge in [-0.2, -0.15) is 0 Å². The van der Waals surface area contributed by atoms with Gasteiger partial charge < -0.3 is 9.47 Å². The molecule has 0 amide bonds. The van der Waals surface area contributed by atoms with Gasteiger partial charge in [-0.1, -0.05) is 44.5 Å². The van der Waals surface area contributed by atoms with E-state index in [0.29, 0.717) is 12.4 Å². The summed E-state index contributed by atoms with van der Waals surface area (Å²) in [5, 5.41) is 1.88. The first-order valence-corrected chi connectivity index (χ1v) is 8.36. The summed E-state index contributed by atoms with van der Waals surface area (Å²) in [4.78, 5) is 12.4. The molecule has 0 aliphatic heterocycles. The molecular formula is C20H26O3. The van der Waals surface area contributed by atoms with Gasteiger partial charge in [0, 0.05) is 10.8 Å². The van der Waals surface area contributed by atoms with Crippen LogP contribution in [0.2, 0.25) is 0 Å². The fraction of sp³-hybridized carbons (Fsp3) is 0.450. The molecule has 0 spiro atoms. The number of unbranched alkanes of at least 4 members (excludes halogenated alkanes) is 1. The van der Waals surface area contributed by atoms with Crippen LogP contribution < -0.4 is 9.47 Å². The van der Waals surface area contributed by atoms with Crippen LogP contribution in [0.1, 0.15) is 47.0 Å². The molecule has 0 atom stereocenters. The van der Waals surface area contributed by atoms with Crippen LogP contribution >= 0.6 is 0 Å². The average molecular weight is 314 g/mol. The fourth-order valence-corrected chi connectivity index (χ4v) is 2.17. The van der Waals surface area contributed by atoms with Crippen LogP contribution in [0, 0.1) is 5.41 Å². The molecule has 23 heavy (non-hydrogen) atoms. The number of hydrogen-bond donors (Lipinski definition) is 0. The van der Waals surface area contributed by atoms with Crippen LogP contribution in [0.3, 0.4) is 0 Å². The van der Waals surface area contributed by atoms with Gasteiger partial charge in [-0.15, -0.1) is 0 Å². The van der Waals surface area contributed by atoms with E-state index in [1.807, 2.05) is 57.2 Å². The van der Waals surface area contributed by atoms with Crippen molar-refractivity contribution in [3.8, 4) is 11.5 Å². The first-order valence-electron chi connectivity index (χ1n) is 8.36. The van der Waals surface area contributed by atoms with E-state index in [9.17, 15) is 4.79 Å². The highest BCUT2D eigenvalue weighted by atomic mass is 16.5. The average Bonchev–Trinajstić information content (AvgIpc) is 2.56. The second-order valence-corrected chi connectivity index (χ2v) is 6.44. The van der Waals surface area contributed by atoms with E-state index in [1.54, 1.807) is 0 Å². The molecule has 0 radical (unpaired) electrons. The Labute approximate surface area is 138 Å². The summed E-state index contributed by atoms with van der Waals surface area (Å²) >= 11 is 0.